The van der Waals surface area contributed by atoms with Crippen molar-refractivity contribution in [1.82, 2.24) is 14.8 Å². The molecule has 0 fully saturated rings. The summed E-state index contributed by atoms with van der Waals surface area (Å²) in [6, 6.07) is 3.61. The van der Waals surface area contributed by atoms with Gasteiger partial charge in [0.1, 0.15) is 12.3 Å². The third kappa shape index (κ3) is 3.99. The molecule has 1 N–H and O–H groups in total. The molecule has 126 valence electrons. The number of carbonyl (C=O) groups is 1. The Bertz CT molecular complexity index is 717. The van der Waals surface area contributed by atoms with Gasteiger partial charge in [0.25, 0.3) is 0 Å². The van der Waals surface area contributed by atoms with Gasteiger partial charge in [-0.1, -0.05) is 24.6 Å². The van der Waals surface area contributed by atoms with Gasteiger partial charge in [0.05, 0.1) is 30.5 Å². The number of nitrogens with zero attached hydrogens (tertiary/aromatic N) is 4. The molecule has 2 aromatic rings. The highest BCUT2D eigenvalue weighted by atomic mass is 35.5. The molecule has 2 aromatic heterocycles. The van der Waals surface area contributed by atoms with E-state index < -0.39 is 0 Å². The highest BCUT2D eigenvalue weighted by molar-refractivity contribution is 6.32. The van der Waals surface area contributed by atoms with Crippen LogP contribution in [0, 0.1) is 11.3 Å². The minimum Gasteiger partial charge on any atom is -0.482 e. The van der Waals surface area contributed by atoms with Crippen molar-refractivity contribution >= 4 is 29.6 Å². The van der Waals surface area contributed by atoms with E-state index in [2.05, 4.69) is 16.7 Å². The molecule has 0 aromatic carbocycles. The van der Waals surface area contributed by atoms with E-state index in [1.54, 1.807) is 42.3 Å². The molecule has 2 heterocycles. The van der Waals surface area contributed by atoms with Crippen LogP contribution in [-0.4, -0.2) is 40.2 Å². The van der Waals surface area contributed by atoms with E-state index in [-0.39, 0.29) is 30.1 Å². The number of rotatable bonds is 8. The number of hydrogen-bond acceptors (Lipinski definition) is 5. The maximum absolute atomic E-state index is 12.6. The molecular weight excluding hydrogens is 330 g/mol. The summed E-state index contributed by atoms with van der Waals surface area (Å²) >= 11 is 6.24. The quantitative estimate of drug-likeness (QED) is 0.344. The fraction of sp³-hybridized carbons (Fsp3) is 0.250. The van der Waals surface area contributed by atoms with Crippen molar-refractivity contribution in [3.63, 3.8) is 0 Å². The monoisotopic (exact) mass is 347 g/mol. The van der Waals surface area contributed by atoms with Gasteiger partial charge in [0.2, 0.25) is 5.91 Å². The van der Waals surface area contributed by atoms with Gasteiger partial charge in [-0.2, -0.15) is 5.10 Å². The first-order chi connectivity index (χ1) is 11.6. The van der Waals surface area contributed by atoms with E-state index in [4.69, 9.17) is 21.7 Å². The van der Waals surface area contributed by atoms with Crippen molar-refractivity contribution in [1.29, 1.82) is 5.41 Å². The third-order valence-corrected chi connectivity index (χ3v) is 3.65. The second kappa shape index (κ2) is 8.26. The molecule has 0 bridgehead atoms. The number of carbonyl (C=O) groups excluding carboxylic acids is 1. The Kier molecular flexibility index (Phi) is 6.08. The zero-order valence-electron chi connectivity index (χ0n) is 13.2. The number of anilines is 1. The summed E-state index contributed by atoms with van der Waals surface area (Å²) in [5.41, 5.74) is 1.19. The number of ether oxygens (including phenoxy) is 1. The summed E-state index contributed by atoms with van der Waals surface area (Å²) in [5.74, 6) is -0.561. The molecule has 1 unspecified atom stereocenters. The molecule has 0 aliphatic heterocycles. The molecule has 0 saturated carbocycles. The maximum atomic E-state index is 12.6. The number of nitrogens with one attached hydrogen (secondary N) is 1. The van der Waals surface area contributed by atoms with Gasteiger partial charge in [-0.3, -0.25) is 15.2 Å². The fourth-order valence-electron chi connectivity index (χ4n) is 2.05. The minimum absolute atomic E-state index is 0.174. The maximum Gasteiger partial charge on any atom is 0.233 e. The summed E-state index contributed by atoms with van der Waals surface area (Å²) in [6.45, 7) is 5.82. The predicted molar refractivity (Wildman–Crippen MR) is 92.8 cm³/mol. The van der Waals surface area contributed by atoms with Gasteiger partial charge < -0.3 is 9.64 Å². The Morgan fingerprint density at radius 2 is 2.42 bits per heavy atom. The molecule has 0 aliphatic rings. The van der Waals surface area contributed by atoms with Crippen molar-refractivity contribution in [2.75, 3.05) is 18.1 Å². The average Bonchev–Trinajstić information content (AvgIpc) is 3.00. The second-order valence-electron chi connectivity index (χ2n) is 4.96. The lowest BCUT2D eigenvalue weighted by Gasteiger charge is -2.23. The second-order valence-corrected chi connectivity index (χ2v) is 5.32. The molecule has 2 rings (SSSR count). The van der Waals surface area contributed by atoms with Crippen LogP contribution in [0.3, 0.4) is 0 Å². The first kappa shape index (κ1) is 17.7. The Balaban J connectivity index is 2.34. The number of halogens is 1. The standard InChI is InChI=1S/C16H18ClN5O2/c1-3-12(2)16(23)21(7-8-24-11-18)14-10-22(20-15(14)17)13-5-4-6-19-9-13/h3-6,9-12,18H,1,7-8H2,2H3. The van der Waals surface area contributed by atoms with Gasteiger partial charge >= 0.3 is 0 Å². The van der Waals surface area contributed by atoms with E-state index in [9.17, 15) is 4.79 Å². The highest BCUT2D eigenvalue weighted by Crippen LogP contribution is 2.27. The van der Waals surface area contributed by atoms with Gasteiger partial charge in [-0.25, -0.2) is 4.68 Å². The van der Waals surface area contributed by atoms with Crippen molar-refractivity contribution in [2.45, 2.75) is 6.92 Å². The number of pyridine rings is 1. The molecule has 0 radical (unpaired) electrons. The molecule has 8 heteroatoms. The third-order valence-electron chi connectivity index (χ3n) is 3.38. The van der Waals surface area contributed by atoms with Crippen LogP contribution < -0.4 is 4.90 Å². The van der Waals surface area contributed by atoms with Crippen LogP contribution >= 0.6 is 11.6 Å². The van der Waals surface area contributed by atoms with Gasteiger partial charge in [0, 0.05) is 6.20 Å². The molecule has 1 atom stereocenters. The molecule has 0 saturated heterocycles. The van der Waals surface area contributed by atoms with Crippen LogP contribution in [0.2, 0.25) is 5.15 Å². The largest absolute Gasteiger partial charge is 0.482 e. The van der Waals surface area contributed by atoms with E-state index in [0.29, 0.717) is 5.69 Å². The lowest BCUT2D eigenvalue weighted by atomic mass is 10.1. The predicted octanol–water partition coefficient (Wildman–Crippen LogP) is 2.70. The van der Waals surface area contributed by atoms with Crippen LogP contribution in [0.25, 0.3) is 5.69 Å². The van der Waals surface area contributed by atoms with Gasteiger partial charge in [-0.05, 0) is 12.1 Å². The van der Waals surface area contributed by atoms with E-state index >= 15 is 0 Å². The lowest BCUT2D eigenvalue weighted by molar-refractivity contribution is -0.120. The van der Waals surface area contributed by atoms with Crippen molar-refractivity contribution in [3.05, 3.63) is 48.5 Å². The molecule has 0 aliphatic carbocycles. The topological polar surface area (TPSA) is 84.1 Å². The first-order valence-electron chi connectivity index (χ1n) is 7.28. The summed E-state index contributed by atoms with van der Waals surface area (Å²) in [6.07, 6.45) is 7.36. The highest BCUT2D eigenvalue weighted by Gasteiger charge is 2.24. The summed E-state index contributed by atoms with van der Waals surface area (Å²) in [4.78, 5) is 18.1. The summed E-state index contributed by atoms with van der Waals surface area (Å²) in [5, 5.41) is 11.3. The van der Waals surface area contributed by atoms with Gasteiger partial charge in [-0.15, -0.1) is 6.58 Å². The molecule has 7 nitrogen and oxygen atoms in total. The molecular formula is C16H18ClN5O2. The van der Waals surface area contributed by atoms with Crippen LogP contribution in [-0.2, 0) is 9.53 Å². The molecule has 0 spiro atoms. The Morgan fingerprint density at radius 1 is 1.62 bits per heavy atom. The Morgan fingerprint density at radius 3 is 3.04 bits per heavy atom. The number of hydrogen-bond donors (Lipinski definition) is 1. The normalized spacial score (nSPS) is 11.6. The Hall–Kier alpha value is -2.67. The first-order valence-corrected chi connectivity index (χ1v) is 7.66. The summed E-state index contributed by atoms with van der Waals surface area (Å²) in [7, 11) is 0. The lowest BCUT2D eigenvalue weighted by Crippen LogP contribution is -2.37. The van der Waals surface area contributed by atoms with Crippen LogP contribution in [0.1, 0.15) is 6.92 Å². The van der Waals surface area contributed by atoms with Crippen LogP contribution in [0.5, 0.6) is 0 Å². The molecule has 24 heavy (non-hydrogen) atoms. The van der Waals surface area contributed by atoms with Crippen LogP contribution in [0.15, 0.2) is 43.4 Å². The smallest absolute Gasteiger partial charge is 0.233 e. The summed E-state index contributed by atoms with van der Waals surface area (Å²) < 4.78 is 6.48. The molecule has 1 amide bonds. The van der Waals surface area contributed by atoms with E-state index in [1.807, 2.05) is 6.07 Å². The van der Waals surface area contributed by atoms with Gasteiger partial charge in [0.15, 0.2) is 11.6 Å². The Labute approximate surface area is 145 Å². The number of aromatic nitrogens is 3. The SMILES string of the molecule is C=CC(C)C(=O)N(CCOC=N)c1cn(-c2cccnc2)nc1Cl. The van der Waals surface area contributed by atoms with Crippen molar-refractivity contribution in [3.8, 4) is 5.69 Å². The zero-order chi connectivity index (χ0) is 17.5. The minimum atomic E-state index is -0.386. The van der Waals surface area contributed by atoms with Crippen molar-refractivity contribution in [2.24, 2.45) is 5.92 Å². The number of amides is 1. The zero-order valence-corrected chi connectivity index (χ0v) is 14.0. The van der Waals surface area contributed by atoms with E-state index in [0.717, 1.165) is 12.1 Å². The van der Waals surface area contributed by atoms with Crippen LogP contribution in [0.4, 0.5) is 5.69 Å². The van der Waals surface area contributed by atoms with E-state index in [1.165, 1.54) is 4.90 Å². The fourth-order valence-corrected chi connectivity index (χ4v) is 2.28. The average molecular weight is 348 g/mol. The van der Waals surface area contributed by atoms with Crippen molar-refractivity contribution < 1.29 is 9.53 Å².